The van der Waals surface area contributed by atoms with Gasteiger partial charge in [-0.3, -0.25) is 0 Å². The number of para-hydroxylation sites is 2. The van der Waals surface area contributed by atoms with Gasteiger partial charge in [-0.1, -0.05) is 78.9 Å². The van der Waals surface area contributed by atoms with Crippen molar-refractivity contribution in [3.8, 4) is 16.8 Å². The van der Waals surface area contributed by atoms with Crippen molar-refractivity contribution in [3.63, 3.8) is 0 Å². The third kappa shape index (κ3) is 2.18. The molecule has 1 nitrogen and oxygen atoms in total. The van der Waals surface area contributed by atoms with Gasteiger partial charge in [-0.15, -0.1) is 0 Å². The monoisotopic (exact) mass is 333 g/mol. The third-order valence-corrected chi connectivity index (χ3v) is 5.11. The first-order valence-corrected chi connectivity index (χ1v) is 8.98. The largest absolute Gasteiger partial charge is 0.309 e. The Kier molecular flexibility index (Phi) is 3.39. The quantitative estimate of drug-likeness (QED) is 0.336. The Hall–Kier alpha value is -3.32. The molecule has 0 radical (unpaired) electrons. The van der Waals surface area contributed by atoms with E-state index in [2.05, 4.69) is 109 Å². The van der Waals surface area contributed by atoms with Gasteiger partial charge in [0.15, 0.2) is 0 Å². The van der Waals surface area contributed by atoms with Crippen molar-refractivity contribution in [1.82, 2.24) is 4.57 Å². The Morgan fingerprint density at radius 3 is 2.08 bits per heavy atom. The zero-order valence-electron chi connectivity index (χ0n) is 14.7. The van der Waals surface area contributed by atoms with E-state index in [9.17, 15) is 0 Å². The summed E-state index contributed by atoms with van der Waals surface area (Å²) in [7, 11) is 0. The number of fused-ring (bicyclic) bond motifs is 3. The molecule has 0 unspecified atom stereocenters. The minimum absolute atomic E-state index is 1.20. The van der Waals surface area contributed by atoms with Crippen LogP contribution >= 0.6 is 0 Å². The normalized spacial score (nSPS) is 11.3. The predicted molar refractivity (Wildman–Crippen MR) is 111 cm³/mol. The molecular weight excluding hydrogens is 314 g/mol. The maximum absolute atomic E-state index is 2.40. The average Bonchev–Trinajstić information content (AvgIpc) is 3.05. The molecule has 26 heavy (non-hydrogen) atoms. The Labute approximate surface area is 153 Å². The van der Waals surface area contributed by atoms with Crippen LogP contribution in [0.5, 0.6) is 0 Å². The lowest BCUT2D eigenvalue weighted by Gasteiger charge is -2.09. The van der Waals surface area contributed by atoms with Crippen molar-refractivity contribution < 1.29 is 0 Å². The van der Waals surface area contributed by atoms with Gasteiger partial charge in [0.2, 0.25) is 0 Å². The van der Waals surface area contributed by atoms with Gasteiger partial charge in [0, 0.05) is 16.5 Å². The molecule has 0 N–H and O–H groups in total. The Morgan fingerprint density at radius 1 is 0.615 bits per heavy atom. The Morgan fingerprint density at radius 2 is 1.31 bits per heavy atom. The number of rotatable bonds is 2. The topological polar surface area (TPSA) is 4.93 Å². The van der Waals surface area contributed by atoms with Crippen LogP contribution in [0, 0.1) is 6.92 Å². The van der Waals surface area contributed by atoms with E-state index >= 15 is 0 Å². The van der Waals surface area contributed by atoms with Gasteiger partial charge in [-0.2, -0.15) is 0 Å². The SMILES string of the molecule is Cc1cccc2c3c(-c4ccccc4)cccc3n(-c3ccccc3)c12. The molecule has 0 aliphatic carbocycles. The standard InChI is InChI=1S/C25H19N/c1-18-10-8-16-22-24-21(19-11-4-2-5-12-19)15-9-17-23(24)26(25(18)22)20-13-6-3-7-14-20/h2-17H,1H3. The smallest absolute Gasteiger partial charge is 0.0570 e. The molecule has 1 heteroatoms. The third-order valence-electron chi connectivity index (χ3n) is 5.11. The molecular formula is C25H19N. The summed E-state index contributed by atoms with van der Waals surface area (Å²) in [5.41, 5.74) is 7.58. The van der Waals surface area contributed by atoms with Crippen LogP contribution in [0.1, 0.15) is 5.56 Å². The molecule has 5 aromatic rings. The van der Waals surface area contributed by atoms with Crippen molar-refractivity contribution in [2.45, 2.75) is 6.92 Å². The molecule has 5 rings (SSSR count). The van der Waals surface area contributed by atoms with Gasteiger partial charge < -0.3 is 4.57 Å². The first-order valence-electron chi connectivity index (χ1n) is 8.98. The van der Waals surface area contributed by atoms with Gasteiger partial charge in [-0.05, 0) is 41.8 Å². The number of aromatic nitrogens is 1. The van der Waals surface area contributed by atoms with Crippen LogP contribution in [0.2, 0.25) is 0 Å². The van der Waals surface area contributed by atoms with Crippen LogP contribution in [0.4, 0.5) is 0 Å². The van der Waals surface area contributed by atoms with E-state index in [0.717, 1.165) is 0 Å². The number of benzene rings is 4. The van der Waals surface area contributed by atoms with E-state index in [4.69, 9.17) is 0 Å². The van der Waals surface area contributed by atoms with E-state index in [1.165, 1.54) is 44.2 Å². The zero-order valence-corrected chi connectivity index (χ0v) is 14.7. The van der Waals surface area contributed by atoms with Gasteiger partial charge in [0.1, 0.15) is 0 Å². The maximum atomic E-state index is 2.40. The van der Waals surface area contributed by atoms with Crippen LogP contribution in [-0.2, 0) is 0 Å². The van der Waals surface area contributed by atoms with Gasteiger partial charge in [0.25, 0.3) is 0 Å². The van der Waals surface area contributed by atoms with Crippen molar-refractivity contribution in [2.24, 2.45) is 0 Å². The second kappa shape index (κ2) is 5.89. The molecule has 1 aromatic heterocycles. The maximum Gasteiger partial charge on any atom is 0.0570 e. The first kappa shape index (κ1) is 15.0. The molecule has 0 amide bonds. The lowest BCUT2D eigenvalue weighted by atomic mass is 9.99. The average molecular weight is 333 g/mol. The van der Waals surface area contributed by atoms with E-state index in [-0.39, 0.29) is 0 Å². The second-order valence-electron chi connectivity index (χ2n) is 6.71. The highest BCUT2D eigenvalue weighted by molar-refractivity contribution is 6.16. The minimum Gasteiger partial charge on any atom is -0.309 e. The number of nitrogens with zero attached hydrogens (tertiary/aromatic N) is 1. The van der Waals surface area contributed by atoms with Gasteiger partial charge >= 0.3 is 0 Å². The Balaban J connectivity index is 1.99. The molecule has 1 heterocycles. The molecule has 0 saturated heterocycles. The fraction of sp³-hybridized carbons (Fsp3) is 0.0400. The highest BCUT2D eigenvalue weighted by Gasteiger charge is 2.16. The fourth-order valence-corrected chi connectivity index (χ4v) is 3.99. The van der Waals surface area contributed by atoms with Crippen LogP contribution in [0.25, 0.3) is 38.6 Å². The van der Waals surface area contributed by atoms with E-state index in [1.807, 2.05) is 0 Å². The summed E-state index contributed by atoms with van der Waals surface area (Å²) in [6.07, 6.45) is 0. The summed E-state index contributed by atoms with van der Waals surface area (Å²) in [5, 5.41) is 2.63. The van der Waals surface area contributed by atoms with Gasteiger partial charge in [-0.25, -0.2) is 0 Å². The molecule has 0 atom stereocenters. The lowest BCUT2D eigenvalue weighted by Crippen LogP contribution is -1.94. The summed E-state index contributed by atoms with van der Waals surface area (Å²) in [6, 6.07) is 34.5. The highest BCUT2D eigenvalue weighted by atomic mass is 15.0. The summed E-state index contributed by atoms with van der Waals surface area (Å²) < 4.78 is 2.40. The number of hydrogen-bond acceptors (Lipinski definition) is 0. The van der Waals surface area contributed by atoms with E-state index < -0.39 is 0 Å². The molecule has 0 fully saturated rings. The molecule has 0 spiro atoms. The molecule has 0 aliphatic rings. The van der Waals surface area contributed by atoms with Gasteiger partial charge in [0.05, 0.1) is 11.0 Å². The van der Waals surface area contributed by atoms with Crippen LogP contribution < -0.4 is 0 Å². The van der Waals surface area contributed by atoms with Crippen LogP contribution in [0.3, 0.4) is 0 Å². The summed E-state index contributed by atoms with van der Waals surface area (Å²) in [4.78, 5) is 0. The molecule has 124 valence electrons. The zero-order chi connectivity index (χ0) is 17.5. The van der Waals surface area contributed by atoms with Crippen LogP contribution in [-0.4, -0.2) is 4.57 Å². The summed E-state index contributed by atoms with van der Waals surface area (Å²) >= 11 is 0. The highest BCUT2D eigenvalue weighted by Crippen LogP contribution is 2.39. The van der Waals surface area contributed by atoms with Crippen molar-refractivity contribution in [3.05, 3.63) is 103 Å². The van der Waals surface area contributed by atoms with Crippen molar-refractivity contribution >= 4 is 21.8 Å². The lowest BCUT2D eigenvalue weighted by molar-refractivity contribution is 1.17. The molecule has 0 saturated carbocycles. The number of aryl methyl sites for hydroxylation is 1. The van der Waals surface area contributed by atoms with Crippen LogP contribution in [0.15, 0.2) is 97.1 Å². The summed E-state index contributed by atoms with van der Waals surface area (Å²) in [5.74, 6) is 0. The minimum atomic E-state index is 1.20. The van der Waals surface area contributed by atoms with E-state index in [0.29, 0.717) is 0 Å². The van der Waals surface area contributed by atoms with E-state index in [1.54, 1.807) is 0 Å². The molecule has 0 aliphatic heterocycles. The van der Waals surface area contributed by atoms with Crippen molar-refractivity contribution in [2.75, 3.05) is 0 Å². The number of hydrogen-bond donors (Lipinski definition) is 0. The molecule has 0 bridgehead atoms. The Bertz CT molecular complexity index is 1210. The second-order valence-corrected chi connectivity index (χ2v) is 6.71. The fourth-order valence-electron chi connectivity index (χ4n) is 3.99. The molecule has 4 aromatic carbocycles. The predicted octanol–water partition coefficient (Wildman–Crippen LogP) is 6.76. The first-order chi connectivity index (χ1) is 12.8. The summed E-state index contributed by atoms with van der Waals surface area (Å²) in [6.45, 7) is 2.20. The van der Waals surface area contributed by atoms with Crippen molar-refractivity contribution in [1.29, 1.82) is 0 Å².